The van der Waals surface area contributed by atoms with Crippen LogP contribution in [-0.4, -0.2) is 33.0 Å². The number of primary amides is 1. The lowest BCUT2D eigenvalue weighted by Crippen LogP contribution is -2.20. The highest BCUT2D eigenvalue weighted by atomic mass is 32.2. The van der Waals surface area contributed by atoms with E-state index in [1.54, 1.807) is 0 Å². The fourth-order valence-corrected chi connectivity index (χ4v) is 3.04. The molecule has 1 aromatic carbocycles. The van der Waals surface area contributed by atoms with Gasteiger partial charge >= 0.3 is 0 Å². The van der Waals surface area contributed by atoms with Crippen molar-refractivity contribution in [2.24, 2.45) is 5.73 Å². The smallest absolute Gasteiger partial charge is 0.237 e. The van der Waals surface area contributed by atoms with Crippen LogP contribution in [0.25, 0.3) is 0 Å². The van der Waals surface area contributed by atoms with Crippen LogP contribution in [0.3, 0.4) is 0 Å². The van der Waals surface area contributed by atoms with Crippen molar-refractivity contribution in [1.29, 1.82) is 0 Å². The minimum absolute atomic E-state index is 0.139. The highest BCUT2D eigenvalue weighted by Gasteiger charge is 2.30. The summed E-state index contributed by atoms with van der Waals surface area (Å²) in [5, 5.41) is 9.15. The lowest BCUT2D eigenvalue weighted by molar-refractivity contribution is -0.118. The number of rotatable bonds is 8. The number of aromatic nitrogens is 3. The van der Waals surface area contributed by atoms with Gasteiger partial charge in [-0.25, -0.2) is 0 Å². The van der Waals surface area contributed by atoms with Crippen LogP contribution in [0.2, 0.25) is 0 Å². The Hall–Kier alpha value is -2.02. The van der Waals surface area contributed by atoms with E-state index in [9.17, 15) is 4.79 Å². The Morgan fingerprint density at radius 1 is 1.35 bits per heavy atom. The number of carbonyl (C=O) groups excluding carboxylic acids is 1. The van der Waals surface area contributed by atoms with Gasteiger partial charge in [0, 0.05) is 11.7 Å². The Morgan fingerprint density at radius 2 is 2.09 bits per heavy atom. The summed E-state index contributed by atoms with van der Waals surface area (Å²) < 4.78 is 7.54. The molecule has 7 heteroatoms. The number of aryl methyl sites for hydroxylation is 1. The zero-order valence-electron chi connectivity index (χ0n) is 13.1. The van der Waals surface area contributed by atoms with E-state index in [0.717, 1.165) is 35.3 Å². The molecule has 3 rings (SSSR count). The zero-order valence-corrected chi connectivity index (χ0v) is 13.9. The first-order valence-corrected chi connectivity index (χ1v) is 8.65. The number of nitrogens with zero attached hydrogens (tertiary/aromatic N) is 3. The molecule has 2 N–H and O–H groups in total. The Bertz CT molecular complexity index is 680. The van der Waals surface area contributed by atoms with Crippen LogP contribution in [0.5, 0.6) is 5.75 Å². The molecule has 1 aliphatic rings. The minimum Gasteiger partial charge on any atom is -0.493 e. The molecule has 1 fully saturated rings. The molecule has 23 heavy (non-hydrogen) atoms. The molecular weight excluding hydrogens is 312 g/mol. The maximum Gasteiger partial charge on any atom is 0.237 e. The van der Waals surface area contributed by atoms with Gasteiger partial charge in [0.05, 0.1) is 6.61 Å². The van der Waals surface area contributed by atoms with Gasteiger partial charge in [-0.15, -0.1) is 10.2 Å². The maximum absolute atomic E-state index is 11.3. The molecule has 1 aliphatic carbocycles. The van der Waals surface area contributed by atoms with Gasteiger partial charge in [0.25, 0.3) is 0 Å². The first-order valence-electron chi connectivity index (χ1n) is 7.67. The average molecular weight is 332 g/mol. The number of hydrogen-bond acceptors (Lipinski definition) is 5. The first kappa shape index (κ1) is 15.9. The van der Waals surface area contributed by atoms with Gasteiger partial charge in [-0.3, -0.25) is 9.36 Å². The summed E-state index contributed by atoms with van der Waals surface area (Å²) in [6.45, 7) is 2.75. The molecule has 0 radical (unpaired) electrons. The Kier molecular flexibility index (Phi) is 4.85. The van der Waals surface area contributed by atoms with Crippen LogP contribution in [-0.2, 0) is 11.3 Å². The van der Waals surface area contributed by atoms with Crippen molar-refractivity contribution in [3.05, 3.63) is 35.7 Å². The summed E-state index contributed by atoms with van der Waals surface area (Å²) in [5.41, 5.74) is 6.54. The second-order valence-electron chi connectivity index (χ2n) is 5.68. The SMILES string of the molecule is Cc1ccc(OCCSc2nnc(C3CC3)n2CC(N)=O)cc1. The zero-order chi connectivity index (χ0) is 16.2. The van der Waals surface area contributed by atoms with Gasteiger partial charge in [0.15, 0.2) is 5.16 Å². The van der Waals surface area contributed by atoms with Crippen molar-refractivity contribution < 1.29 is 9.53 Å². The van der Waals surface area contributed by atoms with Crippen LogP contribution in [0.15, 0.2) is 29.4 Å². The molecule has 0 atom stereocenters. The van der Waals surface area contributed by atoms with Gasteiger partial charge < -0.3 is 10.5 Å². The number of carbonyl (C=O) groups is 1. The molecule has 1 aromatic heterocycles. The molecule has 0 spiro atoms. The highest BCUT2D eigenvalue weighted by molar-refractivity contribution is 7.99. The summed E-state index contributed by atoms with van der Waals surface area (Å²) in [6, 6.07) is 7.96. The molecule has 1 heterocycles. The van der Waals surface area contributed by atoms with Gasteiger partial charge in [0.2, 0.25) is 5.91 Å². The van der Waals surface area contributed by atoms with E-state index in [-0.39, 0.29) is 12.5 Å². The van der Waals surface area contributed by atoms with Crippen molar-refractivity contribution in [2.75, 3.05) is 12.4 Å². The van der Waals surface area contributed by atoms with Crippen molar-refractivity contribution >= 4 is 17.7 Å². The second kappa shape index (κ2) is 7.04. The van der Waals surface area contributed by atoms with Gasteiger partial charge in [-0.2, -0.15) is 0 Å². The third kappa shape index (κ3) is 4.25. The number of hydrogen-bond donors (Lipinski definition) is 1. The van der Waals surface area contributed by atoms with Gasteiger partial charge in [-0.05, 0) is 31.9 Å². The molecule has 0 saturated heterocycles. The molecule has 6 nitrogen and oxygen atoms in total. The number of amides is 1. The van der Waals surface area contributed by atoms with E-state index in [1.165, 1.54) is 17.3 Å². The van der Waals surface area contributed by atoms with Gasteiger partial charge in [0.1, 0.15) is 18.1 Å². The third-order valence-corrected chi connectivity index (χ3v) is 4.54. The van der Waals surface area contributed by atoms with Crippen molar-refractivity contribution in [3.8, 4) is 5.75 Å². The lowest BCUT2D eigenvalue weighted by atomic mass is 10.2. The minimum atomic E-state index is -0.371. The normalized spacial score (nSPS) is 14.0. The van der Waals surface area contributed by atoms with Crippen LogP contribution in [0, 0.1) is 6.92 Å². The first-order chi connectivity index (χ1) is 11.1. The predicted molar refractivity (Wildman–Crippen MR) is 88.6 cm³/mol. The van der Waals surface area contributed by atoms with Crippen molar-refractivity contribution in [3.63, 3.8) is 0 Å². The highest BCUT2D eigenvalue weighted by Crippen LogP contribution is 2.39. The fourth-order valence-electron chi connectivity index (χ4n) is 2.28. The lowest BCUT2D eigenvalue weighted by Gasteiger charge is -2.08. The Balaban J connectivity index is 1.55. The number of ether oxygens (including phenoxy) is 1. The average Bonchev–Trinajstić information content (AvgIpc) is 3.29. The summed E-state index contributed by atoms with van der Waals surface area (Å²) in [7, 11) is 0. The molecule has 122 valence electrons. The quantitative estimate of drug-likeness (QED) is 0.591. The van der Waals surface area contributed by atoms with E-state index >= 15 is 0 Å². The Labute approximate surface area is 139 Å². The number of thioether (sulfide) groups is 1. The van der Waals surface area contributed by atoms with Gasteiger partial charge in [-0.1, -0.05) is 29.5 Å². The summed E-state index contributed by atoms with van der Waals surface area (Å²) in [5.74, 6) is 2.53. The van der Waals surface area contributed by atoms with Crippen molar-refractivity contribution in [2.45, 2.75) is 37.4 Å². The molecule has 1 amide bonds. The van der Waals surface area contributed by atoms with E-state index in [0.29, 0.717) is 12.5 Å². The number of nitrogens with two attached hydrogens (primary N) is 1. The van der Waals surface area contributed by atoms with E-state index < -0.39 is 0 Å². The monoisotopic (exact) mass is 332 g/mol. The Morgan fingerprint density at radius 3 is 2.74 bits per heavy atom. The summed E-state index contributed by atoms with van der Waals surface area (Å²) in [4.78, 5) is 11.3. The van der Waals surface area contributed by atoms with E-state index in [2.05, 4.69) is 10.2 Å². The predicted octanol–water partition coefficient (Wildman–Crippen LogP) is 2.12. The second-order valence-corrected chi connectivity index (χ2v) is 6.74. The van der Waals surface area contributed by atoms with Crippen LogP contribution in [0.1, 0.15) is 30.1 Å². The third-order valence-electron chi connectivity index (χ3n) is 3.61. The largest absolute Gasteiger partial charge is 0.493 e. The van der Waals surface area contributed by atoms with E-state index in [4.69, 9.17) is 10.5 Å². The topological polar surface area (TPSA) is 83.0 Å². The molecular formula is C16H20N4O2S. The van der Waals surface area contributed by atoms with Crippen molar-refractivity contribution in [1.82, 2.24) is 14.8 Å². The summed E-state index contributed by atoms with van der Waals surface area (Å²) >= 11 is 1.53. The molecule has 0 unspecified atom stereocenters. The standard InChI is InChI=1S/C16H20N4O2S/c1-11-2-6-13(7-3-11)22-8-9-23-16-19-18-15(12-4-5-12)20(16)10-14(17)21/h2-3,6-7,12H,4-5,8-10H2,1H3,(H2,17,21). The van der Waals surface area contributed by atoms with Crippen LogP contribution >= 0.6 is 11.8 Å². The van der Waals surface area contributed by atoms with E-state index in [1.807, 2.05) is 35.8 Å². The molecule has 1 saturated carbocycles. The van der Waals surface area contributed by atoms with Crippen LogP contribution in [0.4, 0.5) is 0 Å². The van der Waals surface area contributed by atoms with Crippen LogP contribution < -0.4 is 10.5 Å². The maximum atomic E-state index is 11.3. The fraction of sp³-hybridized carbons (Fsp3) is 0.438. The molecule has 2 aromatic rings. The molecule has 0 aliphatic heterocycles. The molecule has 0 bridgehead atoms. The number of benzene rings is 1. The summed E-state index contributed by atoms with van der Waals surface area (Å²) in [6.07, 6.45) is 2.22.